The molecule has 0 spiro atoms. The van der Waals surface area contributed by atoms with Crippen LogP contribution in [0, 0.1) is 0 Å². The second-order valence-electron chi connectivity index (χ2n) is 5.84. The van der Waals surface area contributed by atoms with Crippen LogP contribution in [-0.4, -0.2) is 20.6 Å². The van der Waals surface area contributed by atoms with Gasteiger partial charge in [0.2, 0.25) is 0 Å². The summed E-state index contributed by atoms with van der Waals surface area (Å²) >= 11 is 0. The van der Waals surface area contributed by atoms with Crippen molar-refractivity contribution in [2.75, 3.05) is 0 Å². The number of fused-ring (bicyclic) bond motifs is 3. The first kappa shape index (κ1) is 11.0. The fourth-order valence-corrected chi connectivity index (χ4v) is 3.35. The molecule has 1 N–H and O–H groups in total. The molecule has 2 aromatic rings. The third kappa shape index (κ3) is 1.59. The van der Waals surface area contributed by atoms with Gasteiger partial charge in [-0.2, -0.15) is 0 Å². The molecule has 98 valence electrons. The molecule has 19 heavy (non-hydrogen) atoms. The second-order valence-corrected chi connectivity index (χ2v) is 5.84. The predicted octanol–water partition coefficient (Wildman–Crippen LogP) is 2.49. The van der Waals surface area contributed by atoms with Crippen LogP contribution in [0.5, 0.6) is 0 Å². The maximum absolute atomic E-state index is 11.0. The van der Waals surface area contributed by atoms with Gasteiger partial charge in [-0.15, -0.1) is 0 Å². The summed E-state index contributed by atoms with van der Waals surface area (Å²) in [5.41, 5.74) is 3.30. The summed E-state index contributed by atoms with van der Waals surface area (Å²) in [5, 5.41) is 9.06. The molecule has 1 aromatic carbocycles. The van der Waals surface area contributed by atoms with Gasteiger partial charge in [0, 0.05) is 18.4 Å². The number of nitrogens with zero attached hydrogens (tertiary/aromatic N) is 2. The van der Waals surface area contributed by atoms with Crippen LogP contribution < -0.4 is 0 Å². The molecule has 4 heteroatoms. The first-order valence-corrected chi connectivity index (χ1v) is 6.89. The van der Waals surface area contributed by atoms with Gasteiger partial charge >= 0.3 is 5.97 Å². The lowest BCUT2D eigenvalue weighted by Gasteiger charge is -2.13. The normalized spacial score (nSPS) is 19.6. The molecule has 2 heterocycles. The van der Waals surface area contributed by atoms with Gasteiger partial charge in [-0.3, -0.25) is 4.79 Å². The minimum atomic E-state index is -0.698. The molecule has 0 atom stereocenters. The van der Waals surface area contributed by atoms with Crippen molar-refractivity contribution >= 4 is 17.0 Å². The van der Waals surface area contributed by atoms with Crippen molar-refractivity contribution in [1.29, 1.82) is 0 Å². The minimum absolute atomic E-state index is 0.108. The van der Waals surface area contributed by atoms with E-state index in [1.54, 1.807) is 0 Å². The lowest BCUT2D eigenvalue weighted by molar-refractivity contribution is -0.137. The van der Waals surface area contributed by atoms with Crippen LogP contribution in [0.1, 0.15) is 37.1 Å². The van der Waals surface area contributed by atoms with Crippen LogP contribution in [0.25, 0.3) is 11.0 Å². The van der Waals surface area contributed by atoms with Gasteiger partial charge in [0.25, 0.3) is 0 Å². The van der Waals surface area contributed by atoms with E-state index < -0.39 is 5.97 Å². The summed E-state index contributed by atoms with van der Waals surface area (Å²) < 4.78 is 2.29. The summed E-state index contributed by atoms with van der Waals surface area (Å²) in [6, 6.07) is 6.30. The molecule has 4 rings (SSSR count). The van der Waals surface area contributed by atoms with Gasteiger partial charge in [-0.05, 0) is 37.0 Å². The average molecular weight is 256 g/mol. The van der Waals surface area contributed by atoms with Crippen molar-refractivity contribution in [1.82, 2.24) is 9.55 Å². The van der Waals surface area contributed by atoms with E-state index in [-0.39, 0.29) is 11.8 Å². The molecule has 2 aliphatic rings. The van der Waals surface area contributed by atoms with E-state index in [4.69, 9.17) is 5.11 Å². The number of aryl methyl sites for hydroxylation is 2. The van der Waals surface area contributed by atoms with Gasteiger partial charge in [-0.25, -0.2) is 4.98 Å². The largest absolute Gasteiger partial charge is 0.481 e. The molecule has 4 nitrogen and oxygen atoms in total. The molecule has 0 amide bonds. The van der Waals surface area contributed by atoms with Crippen molar-refractivity contribution in [3.8, 4) is 0 Å². The Morgan fingerprint density at radius 1 is 1.42 bits per heavy atom. The molecule has 1 saturated carbocycles. The van der Waals surface area contributed by atoms with E-state index in [0.717, 1.165) is 31.3 Å². The Kier molecular flexibility index (Phi) is 2.08. The Labute approximate surface area is 111 Å². The molecular formula is C15H16N2O2. The molecule has 1 aliphatic carbocycles. The zero-order valence-corrected chi connectivity index (χ0v) is 10.7. The molecular weight excluding hydrogens is 240 g/mol. The Morgan fingerprint density at radius 3 is 3.00 bits per heavy atom. The summed E-state index contributed by atoms with van der Waals surface area (Å²) in [6.45, 7) is 1.04. The van der Waals surface area contributed by atoms with Crippen LogP contribution in [0.15, 0.2) is 18.2 Å². The maximum Gasteiger partial charge on any atom is 0.304 e. The lowest BCUT2D eigenvalue weighted by Crippen LogP contribution is -2.12. The number of rotatable bonds is 3. The third-order valence-electron chi connectivity index (χ3n) is 4.56. The number of benzene rings is 1. The summed E-state index contributed by atoms with van der Waals surface area (Å²) in [4.78, 5) is 15.7. The molecule has 0 bridgehead atoms. The molecule has 0 unspecified atom stereocenters. The Morgan fingerprint density at radius 2 is 2.26 bits per heavy atom. The van der Waals surface area contributed by atoms with E-state index >= 15 is 0 Å². The van der Waals surface area contributed by atoms with Crippen LogP contribution in [-0.2, 0) is 23.2 Å². The van der Waals surface area contributed by atoms with Crippen molar-refractivity contribution < 1.29 is 9.90 Å². The first-order valence-electron chi connectivity index (χ1n) is 6.89. The fraction of sp³-hybridized carbons (Fsp3) is 0.467. The lowest BCUT2D eigenvalue weighted by atomic mass is 9.92. The van der Waals surface area contributed by atoms with E-state index in [1.165, 1.54) is 23.3 Å². The highest BCUT2D eigenvalue weighted by Gasteiger charge is 2.46. The van der Waals surface area contributed by atoms with Crippen LogP contribution in [0.2, 0.25) is 0 Å². The van der Waals surface area contributed by atoms with Crippen molar-refractivity contribution in [2.24, 2.45) is 0 Å². The van der Waals surface area contributed by atoms with Crippen LogP contribution in [0.3, 0.4) is 0 Å². The average Bonchev–Trinajstić information content (AvgIpc) is 2.85. The van der Waals surface area contributed by atoms with E-state index in [0.29, 0.717) is 0 Å². The Balaban J connectivity index is 1.82. The smallest absolute Gasteiger partial charge is 0.304 e. The summed E-state index contributed by atoms with van der Waals surface area (Å²) in [6.07, 6.45) is 4.46. The Bertz CT molecular complexity index is 683. The van der Waals surface area contributed by atoms with Gasteiger partial charge in [0.1, 0.15) is 5.82 Å². The van der Waals surface area contributed by atoms with Gasteiger partial charge in [0.15, 0.2) is 0 Å². The van der Waals surface area contributed by atoms with Crippen LogP contribution in [0.4, 0.5) is 0 Å². The van der Waals surface area contributed by atoms with Crippen molar-refractivity contribution in [2.45, 2.75) is 44.1 Å². The number of imidazole rings is 1. The van der Waals surface area contributed by atoms with E-state index in [1.807, 2.05) is 0 Å². The molecule has 0 radical (unpaired) electrons. The minimum Gasteiger partial charge on any atom is -0.481 e. The summed E-state index contributed by atoms with van der Waals surface area (Å²) in [5.74, 6) is 0.478. The maximum atomic E-state index is 11.0. The third-order valence-corrected chi connectivity index (χ3v) is 4.56. The number of hydrogen-bond donors (Lipinski definition) is 1. The number of hydrogen-bond acceptors (Lipinski definition) is 2. The highest BCUT2D eigenvalue weighted by atomic mass is 16.4. The number of carboxylic acids is 1. The molecule has 1 fully saturated rings. The first-order chi connectivity index (χ1) is 9.18. The number of aliphatic carboxylic acids is 1. The van der Waals surface area contributed by atoms with E-state index in [9.17, 15) is 4.79 Å². The van der Waals surface area contributed by atoms with Crippen molar-refractivity contribution in [3.05, 3.63) is 29.6 Å². The fourth-order valence-electron chi connectivity index (χ4n) is 3.35. The SMILES string of the molecule is O=C(O)CC1(c2ccc3nc4n(c3c2)CCC4)CC1. The van der Waals surface area contributed by atoms with Gasteiger partial charge in [-0.1, -0.05) is 6.07 Å². The highest BCUT2D eigenvalue weighted by molar-refractivity contribution is 5.78. The standard InChI is InChI=1S/C15H16N2O2/c18-14(19)9-15(5-6-15)10-3-4-11-12(8-10)17-7-1-2-13(17)16-11/h3-4,8H,1-2,5-7,9H2,(H,18,19). The number of carboxylic acid groups (broad SMARTS) is 1. The van der Waals surface area contributed by atoms with Gasteiger partial charge in [0.05, 0.1) is 17.5 Å². The predicted molar refractivity (Wildman–Crippen MR) is 71.2 cm³/mol. The molecule has 1 aromatic heterocycles. The van der Waals surface area contributed by atoms with Crippen molar-refractivity contribution in [3.63, 3.8) is 0 Å². The zero-order chi connectivity index (χ0) is 13.0. The topological polar surface area (TPSA) is 55.1 Å². The highest BCUT2D eigenvalue weighted by Crippen LogP contribution is 2.51. The zero-order valence-electron chi connectivity index (χ0n) is 10.7. The quantitative estimate of drug-likeness (QED) is 0.918. The molecule has 1 aliphatic heterocycles. The summed E-state index contributed by atoms with van der Waals surface area (Å²) in [7, 11) is 0. The van der Waals surface area contributed by atoms with Crippen LogP contribution >= 0.6 is 0 Å². The van der Waals surface area contributed by atoms with E-state index in [2.05, 4.69) is 27.8 Å². The number of carbonyl (C=O) groups is 1. The second kappa shape index (κ2) is 3.59. The number of aromatic nitrogens is 2. The Hall–Kier alpha value is -1.84. The monoisotopic (exact) mass is 256 g/mol. The molecule has 0 saturated heterocycles. The van der Waals surface area contributed by atoms with Gasteiger partial charge < -0.3 is 9.67 Å².